The van der Waals surface area contributed by atoms with Gasteiger partial charge in [-0.2, -0.15) is 0 Å². The number of nitrogens with two attached hydrogens (primary N) is 1. The molecular weight excluding hydrogens is 518 g/mol. The fraction of sp³-hybridized carbons (Fsp3) is 0.312. The molecule has 2 aromatic heterocycles. The SMILES string of the molecule is N[C@@H]1CCN(c2ccc3c(=O)c(C(=O)NCCN4CCCC4)cn4c3c2Oc2cc3c(cc2-4)oc2ccccc23)C1. The lowest BCUT2D eigenvalue weighted by atomic mass is 10.0. The minimum absolute atomic E-state index is 0.0829. The van der Waals surface area contributed by atoms with E-state index in [2.05, 4.69) is 15.1 Å². The Balaban J connectivity index is 1.29. The number of ether oxygens (including phenoxy) is 1. The third kappa shape index (κ3) is 3.91. The van der Waals surface area contributed by atoms with Crippen molar-refractivity contribution in [2.45, 2.75) is 25.3 Å². The van der Waals surface area contributed by atoms with Gasteiger partial charge in [-0.05, 0) is 56.6 Å². The van der Waals surface area contributed by atoms with Crippen LogP contribution in [-0.2, 0) is 0 Å². The second-order valence-corrected chi connectivity index (χ2v) is 11.4. The fourth-order valence-corrected chi connectivity index (χ4v) is 6.64. The molecule has 5 aromatic rings. The van der Waals surface area contributed by atoms with E-state index in [-0.39, 0.29) is 22.9 Å². The van der Waals surface area contributed by atoms with Crippen molar-refractivity contribution in [3.63, 3.8) is 0 Å². The topological polar surface area (TPSA) is 106 Å². The van der Waals surface area contributed by atoms with Gasteiger partial charge >= 0.3 is 0 Å². The van der Waals surface area contributed by atoms with E-state index in [1.807, 2.05) is 53.1 Å². The lowest BCUT2D eigenvalue weighted by Gasteiger charge is -2.28. The van der Waals surface area contributed by atoms with Crippen LogP contribution >= 0.6 is 0 Å². The summed E-state index contributed by atoms with van der Waals surface area (Å²) >= 11 is 0. The zero-order chi connectivity index (χ0) is 27.7. The summed E-state index contributed by atoms with van der Waals surface area (Å²) in [6.07, 6.45) is 4.93. The first-order valence-corrected chi connectivity index (χ1v) is 14.4. The molecular formula is C32H31N5O4. The van der Waals surface area contributed by atoms with Gasteiger partial charge in [0.05, 0.1) is 16.8 Å². The number of hydrogen-bond donors (Lipinski definition) is 2. The number of furan rings is 1. The highest BCUT2D eigenvalue weighted by atomic mass is 16.5. The molecule has 1 atom stereocenters. The van der Waals surface area contributed by atoms with E-state index in [0.29, 0.717) is 41.1 Å². The van der Waals surface area contributed by atoms with Crippen LogP contribution in [0, 0.1) is 0 Å². The van der Waals surface area contributed by atoms with Gasteiger partial charge in [-0.1, -0.05) is 18.2 Å². The monoisotopic (exact) mass is 549 g/mol. The zero-order valence-corrected chi connectivity index (χ0v) is 22.7. The van der Waals surface area contributed by atoms with Crippen LogP contribution in [0.4, 0.5) is 5.69 Å². The predicted octanol–water partition coefficient (Wildman–Crippen LogP) is 4.36. The summed E-state index contributed by atoms with van der Waals surface area (Å²) in [5, 5.41) is 5.37. The number of nitrogens with one attached hydrogen (secondary N) is 1. The molecule has 0 bridgehead atoms. The highest BCUT2D eigenvalue weighted by Crippen LogP contribution is 2.47. The van der Waals surface area contributed by atoms with Crippen LogP contribution in [0.15, 0.2) is 63.9 Å². The van der Waals surface area contributed by atoms with Crippen molar-refractivity contribution in [1.82, 2.24) is 14.8 Å². The van der Waals surface area contributed by atoms with Crippen LogP contribution in [0.1, 0.15) is 29.6 Å². The van der Waals surface area contributed by atoms with Crippen molar-refractivity contribution >= 4 is 44.4 Å². The number of anilines is 1. The Morgan fingerprint density at radius 1 is 0.976 bits per heavy atom. The van der Waals surface area contributed by atoms with Crippen LogP contribution in [0.25, 0.3) is 38.5 Å². The van der Waals surface area contributed by atoms with E-state index in [0.717, 1.165) is 60.3 Å². The molecule has 2 saturated heterocycles. The zero-order valence-electron chi connectivity index (χ0n) is 22.7. The maximum absolute atomic E-state index is 13.8. The lowest BCUT2D eigenvalue weighted by molar-refractivity contribution is 0.0948. The molecule has 1 amide bonds. The molecule has 0 aliphatic carbocycles. The summed E-state index contributed by atoms with van der Waals surface area (Å²) in [6, 6.07) is 15.7. The Kier molecular flexibility index (Phi) is 5.58. The molecule has 0 saturated carbocycles. The quantitative estimate of drug-likeness (QED) is 0.329. The molecule has 3 N–H and O–H groups in total. The maximum Gasteiger partial charge on any atom is 0.256 e. The first kappa shape index (κ1) is 24.5. The summed E-state index contributed by atoms with van der Waals surface area (Å²) in [5.41, 5.74) is 9.81. The number of nitrogens with zero attached hydrogens (tertiary/aromatic N) is 3. The molecule has 0 spiro atoms. The highest BCUT2D eigenvalue weighted by Gasteiger charge is 2.31. The number of likely N-dealkylation sites (tertiary alicyclic amines) is 1. The molecule has 3 aliphatic heterocycles. The van der Waals surface area contributed by atoms with Crippen molar-refractivity contribution in [2.24, 2.45) is 5.73 Å². The van der Waals surface area contributed by atoms with Crippen LogP contribution in [0.5, 0.6) is 11.5 Å². The van der Waals surface area contributed by atoms with Gasteiger partial charge in [0.25, 0.3) is 5.91 Å². The maximum atomic E-state index is 13.8. The van der Waals surface area contributed by atoms with Crippen molar-refractivity contribution in [2.75, 3.05) is 44.2 Å². The van der Waals surface area contributed by atoms with Crippen molar-refractivity contribution < 1.29 is 13.9 Å². The molecule has 2 fully saturated rings. The van der Waals surface area contributed by atoms with Crippen molar-refractivity contribution in [1.29, 1.82) is 0 Å². The van der Waals surface area contributed by atoms with E-state index in [9.17, 15) is 9.59 Å². The van der Waals surface area contributed by atoms with Gasteiger partial charge in [0.2, 0.25) is 5.43 Å². The Morgan fingerprint density at radius 2 is 1.83 bits per heavy atom. The number of amides is 1. The first-order chi connectivity index (χ1) is 20.0. The predicted molar refractivity (Wildman–Crippen MR) is 160 cm³/mol. The average molecular weight is 550 g/mol. The molecule has 9 heteroatoms. The Morgan fingerprint density at radius 3 is 2.66 bits per heavy atom. The van der Waals surface area contributed by atoms with Gasteiger partial charge in [0.15, 0.2) is 11.5 Å². The average Bonchev–Trinajstić information content (AvgIpc) is 3.73. The lowest BCUT2D eigenvalue weighted by Crippen LogP contribution is -2.36. The number of fused-ring (bicyclic) bond motifs is 5. The number of rotatable bonds is 5. The van der Waals surface area contributed by atoms with E-state index < -0.39 is 0 Å². The van der Waals surface area contributed by atoms with E-state index in [1.54, 1.807) is 6.20 Å². The third-order valence-electron chi connectivity index (χ3n) is 8.75. The van der Waals surface area contributed by atoms with Crippen LogP contribution < -0.4 is 26.1 Å². The third-order valence-corrected chi connectivity index (χ3v) is 8.75. The molecule has 41 heavy (non-hydrogen) atoms. The van der Waals surface area contributed by atoms with Gasteiger partial charge in [0.1, 0.15) is 22.2 Å². The number of benzene rings is 3. The van der Waals surface area contributed by atoms with Crippen LogP contribution in [-0.4, -0.2) is 60.7 Å². The minimum Gasteiger partial charge on any atom is -0.456 e. The number of carbonyl (C=O) groups excluding carboxylic acids is 1. The van der Waals surface area contributed by atoms with Gasteiger partial charge in [-0.25, -0.2) is 0 Å². The standard InChI is InChI=1S/C32H31N5O4/c33-19-9-13-36(17-19)24-8-7-21-29-31(24)41-28-15-22-20-5-1-2-6-26(20)40-27(22)16-25(28)37(29)18-23(30(21)38)32(39)34-10-14-35-11-3-4-12-35/h1-2,5-8,15-16,18-19H,3-4,9-14,17,33H2,(H,34,39)/t19-/m1/s1. The molecule has 9 nitrogen and oxygen atoms in total. The Bertz CT molecular complexity index is 1920. The van der Waals surface area contributed by atoms with Gasteiger partial charge < -0.3 is 34.6 Å². The number of para-hydroxylation sites is 1. The number of hydrogen-bond acceptors (Lipinski definition) is 7. The summed E-state index contributed by atoms with van der Waals surface area (Å²) in [5.74, 6) is 0.876. The van der Waals surface area contributed by atoms with Gasteiger partial charge in [-0.3, -0.25) is 9.59 Å². The number of carbonyl (C=O) groups is 1. The van der Waals surface area contributed by atoms with Crippen molar-refractivity contribution in [3.8, 4) is 17.2 Å². The Hall–Kier alpha value is -4.34. The fourth-order valence-electron chi connectivity index (χ4n) is 6.64. The highest BCUT2D eigenvalue weighted by molar-refractivity contribution is 6.07. The normalized spacial score (nSPS) is 18.4. The van der Waals surface area contributed by atoms with Crippen molar-refractivity contribution in [3.05, 3.63) is 70.5 Å². The smallest absolute Gasteiger partial charge is 0.256 e. The summed E-state index contributed by atoms with van der Waals surface area (Å²) in [7, 11) is 0. The van der Waals surface area contributed by atoms with Gasteiger partial charge in [-0.15, -0.1) is 0 Å². The van der Waals surface area contributed by atoms with Crippen LogP contribution in [0.3, 0.4) is 0 Å². The Labute approximate surface area is 236 Å². The van der Waals surface area contributed by atoms with E-state index >= 15 is 0 Å². The first-order valence-electron chi connectivity index (χ1n) is 14.4. The molecule has 208 valence electrons. The largest absolute Gasteiger partial charge is 0.456 e. The molecule has 0 unspecified atom stereocenters. The second-order valence-electron chi connectivity index (χ2n) is 11.4. The molecule has 3 aliphatic rings. The molecule has 0 radical (unpaired) electrons. The minimum atomic E-state index is -0.367. The summed E-state index contributed by atoms with van der Waals surface area (Å²) < 4.78 is 14.8. The summed E-state index contributed by atoms with van der Waals surface area (Å²) in [4.78, 5) is 31.7. The number of pyridine rings is 1. The molecule has 3 aromatic carbocycles. The van der Waals surface area contributed by atoms with E-state index in [4.69, 9.17) is 14.9 Å². The van der Waals surface area contributed by atoms with Gasteiger partial charge in [0, 0.05) is 55.3 Å². The second kappa shape index (κ2) is 9.36. The van der Waals surface area contributed by atoms with E-state index in [1.165, 1.54) is 12.8 Å². The summed E-state index contributed by atoms with van der Waals surface area (Å²) in [6.45, 7) is 4.90. The molecule has 5 heterocycles. The number of aromatic nitrogens is 1. The van der Waals surface area contributed by atoms with Crippen LogP contribution in [0.2, 0.25) is 0 Å². The molecule has 8 rings (SSSR count).